The summed E-state index contributed by atoms with van der Waals surface area (Å²) in [6.45, 7) is 4.68. The molecule has 1 aliphatic carbocycles. The van der Waals surface area contributed by atoms with Crippen LogP contribution in [0.4, 0.5) is 11.9 Å². The van der Waals surface area contributed by atoms with Crippen LogP contribution >= 0.6 is 0 Å². The molecule has 0 unspecified atom stereocenters. The molecule has 0 bridgehead atoms. The molecule has 1 saturated carbocycles. The van der Waals surface area contributed by atoms with Gasteiger partial charge in [0.15, 0.2) is 0 Å². The maximum atomic E-state index is 5.53. The Bertz CT molecular complexity index is 347. The first-order chi connectivity index (χ1) is 7.48. The third kappa shape index (κ3) is 2.28. The Balaban J connectivity index is 1.99. The van der Waals surface area contributed by atoms with E-state index in [1.807, 2.05) is 7.05 Å². The van der Waals surface area contributed by atoms with Crippen LogP contribution in [0, 0.1) is 5.41 Å². The number of nitrogen functional groups attached to an aromatic ring is 1. The van der Waals surface area contributed by atoms with E-state index in [1.54, 1.807) is 0 Å². The van der Waals surface area contributed by atoms with Crippen molar-refractivity contribution in [2.45, 2.75) is 45.6 Å². The van der Waals surface area contributed by atoms with Crippen LogP contribution in [0.1, 0.15) is 39.5 Å². The van der Waals surface area contributed by atoms with Gasteiger partial charge in [0.1, 0.15) is 0 Å². The summed E-state index contributed by atoms with van der Waals surface area (Å²) in [5.74, 6) is 1.10. The van der Waals surface area contributed by atoms with Gasteiger partial charge in [-0.15, -0.1) is 5.10 Å². The molecular weight excluding hydrogens is 202 g/mol. The average molecular weight is 223 g/mol. The highest BCUT2D eigenvalue weighted by Crippen LogP contribution is 2.37. The fourth-order valence-corrected chi connectivity index (χ4v) is 2.36. The molecule has 1 aromatic heterocycles. The molecule has 1 aliphatic rings. The van der Waals surface area contributed by atoms with Crippen LogP contribution in [0.5, 0.6) is 0 Å². The number of hydrogen-bond donors (Lipinski definition) is 2. The Hall–Kier alpha value is -1.26. The minimum Gasteiger partial charge on any atom is -0.368 e. The van der Waals surface area contributed by atoms with Gasteiger partial charge in [-0.3, -0.25) is 0 Å². The zero-order valence-electron chi connectivity index (χ0n) is 10.3. The molecule has 5 heteroatoms. The number of nitrogens with one attached hydrogen (secondary N) is 1. The zero-order chi connectivity index (χ0) is 11.8. The van der Waals surface area contributed by atoms with E-state index in [1.165, 1.54) is 25.7 Å². The fourth-order valence-electron chi connectivity index (χ4n) is 2.36. The molecule has 5 nitrogen and oxygen atoms in total. The highest BCUT2D eigenvalue weighted by Gasteiger charge is 2.29. The lowest BCUT2D eigenvalue weighted by Gasteiger charge is -2.38. The molecule has 0 radical (unpaired) electrons. The van der Waals surface area contributed by atoms with Crippen LogP contribution in [0.3, 0.4) is 0 Å². The van der Waals surface area contributed by atoms with Gasteiger partial charge in [0.2, 0.25) is 11.9 Å². The second kappa shape index (κ2) is 3.96. The molecule has 0 atom stereocenters. The third-order valence-corrected chi connectivity index (χ3v) is 3.66. The van der Waals surface area contributed by atoms with Gasteiger partial charge < -0.3 is 10.6 Å². The standard InChI is InChI=1S/C11H21N5/c1-11(2)6-4-8(5-7-11)16(3)10-13-9(12)14-15-10/h8H,4-7H2,1-3H3,(H3,12,13,14,15). The monoisotopic (exact) mass is 223 g/mol. The van der Waals surface area contributed by atoms with Gasteiger partial charge in [-0.1, -0.05) is 13.8 Å². The summed E-state index contributed by atoms with van der Waals surface area (Å²) in [4.78, 5) is 6.30. The molecule has 1 aromatic rings. The molecule has 1 heterocycles. The van der Waals surface area contributed by atoms with Gasteiger partial charge in [-0.05, 0) is 31.1 Å². The minimum absolute atomic E-state index is 0.387. The molecule has 0 aromatic carbocycles. The van der Waals surface area contributed by atoms with Crippen LogP contribution in [0.2, 0.25) is 0 Å². The van der Waals surface area contributed by atoms with Crippen LogP contribution < -0.4 is 10.6 Å². The summed E-state index contributed by atoms with van der Waals surface area (Å²) in [5.41, 5.74) is 6.03. The lowest BCUT2D eigenvalue weighted by Crippen LogP contribution is -2.37. The van der Waals surface area contributed by atoms with Gasteiger partial charge in [0.05, 0.1) is 0 Å². The summed E-state index contributed by atoms with van der Waals surface area (Å²) in [6, 6.07) is 0.545. The number of rotatable bonds is 2. The lowest BCUT2D eigenvalue weighted by molar-refractivity contribution is 0.222. The van der Waals surface area contributed by atoms with Crippen molar-refractivity contribution in [2.75, 3.05) is 17.7 Å². The molecule has 3 N–H and O–H groups in total. The molecular formula is C11H21N5. The number of aromatic nitrogens is 3. The highest BCUT2D eigenvalue weighted by molar-refractivity contribution is 5.34. The lowest BCUT2D eigenvalue weighted by atomic mass is 9.75. The molecule has 0 aliphatic heterocycles. The second-order valence-electron chi connectivity index (χ2n) is 5.53. The molecule has 90 valence electrons. The first-order valence-corrected chi connectivity index (χ1v) is 5.89. The van der Waals surface area contributed by atoms with Gasteiger partial charge in [-0.2, -0.15) is 4.98 Å². The van der Waals surface area contributed by atoms with Gasteiger partial charge >= 0.3 is 0 Å². The summed E-state index contributed by atoms with van der Waals surface area (Å²) in [6.07, 6.45) is 4.94. The second-order valence-corrected chi connectivity index (χ2v) is 5.53. The van der Waals surface area contributed by atoms with Crippen molar-refractivity contribution in [2.24, 2.45) is 5.41 Å². The van der Waals surface area contributed by atoms with E-state index in [0.29, 0.717) is 23.4 Å². The fraction of sp³-hybridized carbons (Fsp3) is 0.818. The number of nitrogens with zero attached hydrogens (tertiary/aromatic N) is 3. The van der Waals surface area contributed by atoms with Gasteiger partial charge in [0, 0.05) is 13.1 Å². The Morgan fingerprint density at radius 1 is 1.38 bits per heavy atom. The molecule has 0 amide bonds. The topological polar surface area (TPSA) is 70.8 Å². The van der Waals surface area contributed by atoms with Crippen LogP contribution in [-0.2, 0) is 0 Å². The normalized spacial score (nSPS) is 20.9. The Labute approximate surface area is 96.4 Å². The van der Waals surface area contributed by atoms with Crippen molar-refractivity contribution in [1.82, 2.24) is 15.2 Å². The SMILES string of the molecule is CN(c1n[nH]c(N)n1)C1CCC(C)(C)CC1. The van der Waals surface area contributed by atoms with E-state index in [0.717, 1.165) is 0 Å². The molecule has 0 spiro atoms. The molecule has 2 rings (SSSR count). The van der Waals surface area contributed by atoms with Crippen LogP contribution in [0.15, 0.2) is 0 Å². The van der Waals surface area contributed by atoms with Crippen molar-refractivity contribution < 1.29 is 0 Å². The summed E-state index contributed by atoms with van der Waals surface area (Å²) in [5, 5.41) is 6.77. The molecule has 0 saturated heterocycles. The first kappa shape index (κ1) is 11.2. The maximum absolute atomic E-state index is 5.53. The summed E-state index contributed by atoms with van der Waals surface area (Å²) in [7, 11) is 2.05. The quantitative estimate of drug-likeness (QED) is 0.802. The van der Waals surface area contributed by atoms with Gasteiger partial charge in [-0.25, -0.2) is 5.10 Å². The van der Waals surface area contributed by atoms with Crippen molar-refractivity contribution in [3.05, 3.63) is 0 Å². The zero-order valence-corrected chi connectivity index (χ0v) is 10.3. The number of aromatic amines is 1. The van der Waals surface area contributed by atoms with E-state index in [4.69, 9.17) is 5.73 Å². The van der Waals surface area contributed by atoms with Crippen LogP contribution in [0.25, 0.3) is 0 Å². The number of hydrogen-bond acceptors (Lipinski definition) is 4. The van der Waals surface area contributed by atoms with Crippen LogP contribution in [-0.4, -0.2) is 28.3 Å². The summed E-state index contributed by atoms with van der Waals surface area (Å²) < 4.78 is 0. The smallest absolute Gasteiger partial charge is 0.246 e. The largest absolute Gasteiger partial charge is 0.368 e. The third-order valence-electron chi connectivity index (χ3n) is 3.66. The highest BCUT2D eigenvalue weighted by atomic mass is 15.4. The van der Waals surface area contributed by atoms with Crippen molar-refractivity contribution in [3.8, 4) is 0 Å². The Kier molecular flexibility index (Phi) is 2.78. The number of nitrogens with two attached hydrogens (primary N) is 1. The van der Waals surface area contributed by atoms with Crippen molar-refractivity contribution in [1.29, 1.82) is 0 Å². The van der Waals surface area contributed by atoms with Gasteiger partial charge in [0.25, 0.3) is 0 Å². The Morgan fingerprint density at radius 3 is 2.50 bits per heavy atom. The predicted octanol–water partition coefficient (Wildman–Crippen LogP) is 1.79. The van der Waals surface area contributed by atoms with E-state index < -0.39 is 0 Å². The van der Waals surface area contributed by atoms with E-state index in [9.17, 15) is 0 Å². The summed E-state index contributed by atoms with van der Waals surface area (Å²) >= 11 is 0. The molecule has 1 fully saturated rings. The molecule has 16 heavy (non-hydrogen) atoms. The van der Waals surface area contributed by atoms with E-state index in [2.05, 4.69) is 33.9 Å². The van der Waals surface area contributed by atoms with E-state index >= 15 is 0 Å². The Morgan fingerprint density at radius 2 is 2.00 bits per heavy atom. The average Bonchev–Trinajstić information content (AvgIpc) is 2.64. The predicted molar refractivity (Wildman–Crippen MR) is 65.2 cm³/mol. The van der Waals surface area contributed by atoms with E-state index in [-0.39, 0.29) is 0 Å². The maximum Gasteiger partial charge on any atom is 0.246 e. The van der Waals surface area contributed by atoms with Crippen molar-refractivity contribution in [3.63, 3.8) is 0 Å². The van der Waals surface area contributed by atoms with Crippen molar-refractivity contribution >= 4 is 11.9 Å². The first-order valence-electron chi connectivity index (χ1n) is 5.89. The number of H-pyrrole nitrogens is 1. The minimum atomic E-state index is 0.387. The number of anilines is 2.